The Kier molecular flexibility index (Phi) is 3.13. The number of carboxylic acid groups (broad SMARTS) is 1. The van der Waals surface area contributed by atoms with Crippen LogP contribution in [0.2, 0.25) is 0 Å². The molecule has 0 spiro atoms. The fraction of sp³-hybridized carbons (Fsp3) is 0.0909. The number of hydrogen-bond acceptors (Lipinski definition) is 4. The molecule has 0 fully saturated rings. The van der Waals surface area contributed by atoms with E-state index in [0.717, 1.165) is 10.9 Å². The third kappa shape index (κ3) is 2.40. The second kappa shape index (κ2) is 4.74. The normalized spacial score (nSPS) is 10.3. The summed E-state index contributed by atoms with van der Waals surface area (Å²) in [5, 5.41) is 15.5. The third-order valence-corrected chi connectivity index (χ3v) is 2.24. The standard InChI is InChI=1S/C11H8FN3O3/c12-8-4-2-1-3-7(8)10(16)6-15-5-9(11(17)18)13-14-15/h1-5H,6H2,(H,17,18). The lowest BCUT2D eigenvalue weighted by Gasteiger charge is -2.01. The summed E-state index contributed by atoms with van der Waals surface area (Å²) in [6.45, 7) is -0.263. The van der Waals surface area contributed by atoms with Crippen LogP contribution in [0, 0.1) is 5.82 Å². The number of aromatic carboxylic acids is 1. The summed E-state index contributed by atoms with van der Waals surface area (Å²) in [6, 6.07) is 5.55. The summed E-state index contributed by atoms with van der Waals surface area (Å²) < 4.78 is 14.4. The van der Waals surface area contributed by atoms with E-state index in [1.54, 1.807) is 6.07 Å². The molecule has 0 aliphatic carbocycles. The van der Waals surface area contributed by atoms with Gasteiger partial charge in [-0.1, -0.05) is 17.3 Å². The highest BCUT2D eigenvalue weighted by Crippen LogP contribution is 2.08. The van der Waals surface area contributed by atoms with Gasteiger partial charge >= 0.3 is 5.97 Å². The number of benzene rings is 1. The van der Waals surface area contributed by atoms with Gasteiger partial charge in [-0.25, -0.2) is 13.9 Å². The number of aromatic nitrogens is 3. The van der Waals surface area contributed by atoms with Gasteiger partial charge < -0.3 is 5.11 Å². The highest BCUT2D eigenvalue weighted by Gasteiger charge is 2.14. The Bertz CT molecular complexity index is 609. The number of nitrogens with zero attached hydrogens (tertiary/aromatic N) is 3. The number of carbonyl (C=O) groups is 2. The van der Waals surface area contributed by atoms with Crippen LogP contribution >= 0.6 is 0 Å². The number of carbonyl (C=O) groups excluding carboxylic acids is 1. The quantitative estimate of drug-likeness (QED) is 0.817. The van der Waals surface area contributed by atoms with Crippen molar-refractivity contribution in [1.29, 1.82) is 0 Å². The zero-order chi connectivity index (χ0) is 13.1. The minimum atomic E-state index is -1.24. The summed E-state index contributed by atoms with van der Waals surface area (Å²) in [7, 11) is 0. The van der Waals surface area contributed by atoms with Crippen LogP contribution in [-0.2, 0) is 6.54 Å². The van der Waals surface area contributed by atoms with E-state index in [-0.39, 0.29) is 17.8 Å². The Labute approximate surface area is 101 Å². The predicted molar refractivity (Wildman–Crippen MR) is 57.7 cm³/mol. The van der Waals surface area contributed by atoms with Gasteiger partial charge in [0.1, 0.15) is 12.4 Å². The molecule has 0 radical (unpaired) electrons. The van der Waals surface area contributed by atoms with Crippen molar-refractivity contribution < 1.29 is 19.1 Å². The molecule has 1 aromatic heterocycles. The summed E-state index contributed by atoms with van der Waals surface area (Å²) in [5.74, 6) is -2.37. The number of rotatable bonds is 4. The molecular weight excluding hydrogens is 241 g/mol. The minimum Gasteiger partial charge on any atom is -0.476 e. The highest BCUT2D eigenvalue weighted by molar-refractivity contribution is 5.96. The molecule has 1 heterocycles. The molecule has 0 saturated carbocycles. The summed E-state index contributed by atoms with van der Waals surface area (Å²) in [4.78, 5) is 22.3. The second-order valence-electron chi connectivity index (χ2n) is 3.51. The van der Waals surface area contributed by atoms with E-state index in [4.69, 9.17) is 5.11 Å². The summed E-state index contributed by atoms with van der Waals surface area (Å²) in [5.41, 5.74) is -0.332. The van der Waals surface area contributed by atoms with E-state index < -0.39 is 17.6 Å². The van der Waals surface area contributed by atoms with Gasteiger partial charge in [-0.15, -0.1) is 5.10 Å². The van der Waals surface area contributed by atoms with Crippen LogP contribution in [0.4, 0.5) is 4.39 Å². The van der Waals surface area contributed by atoms with Crippen LogP contribution in [0.25, 0.3) is 0 Å². The van der Waals surface area contributed by atoms with E-state index >= 15 is 0 Å². The molecule has 1 N–H and O–H groups in total. The third-order valence-electron chi connectivity index (χ3n) is 2.24. The summed E-state index contributed by atoms with van der Waals surface area (Å²) in [6.07, 6.45) is 1.11. The Morgan fingerprint density at radius 1 is 1.33 bits per heavy atom. The molecule has 0 saturated heterocycles. The maximum absolute atomic E-state index is 13.3. The zero-order valence-corrected chi connectivity index (χ0v) is 9.08. The maximum atomic E-state index is 13.3. The van der Waals surface area contributed by atoms with Crippen LogP contribution in [0.1, 0.15) is 20.8 Å². The molecular formula is C11H8FN3O3. The van der Waals surface area contributed by atoms with Gasteiger partial charge in [0.2, 0.25) is 0 Å². The molecule has 2 aromatic rings. The lowest BCUT2D eigenvalue weighted by Crippen LogP contribution is -2.12. The topological polar surface area (TPSA) is 85.1 Å². The molecule has 1 aromatic carbocycles. The average Bonchev–Trinajstić information content (AvgIpc) is 2.78. The van der Waals surface area contributed by atoms with E-state index in [9.17, 15) is 14.0 Å². The first-order chi connectivity index (χ1) is 8.58. The van der Waals surface area contributed by atoms with Crippen LogP contribution < -0.4 is 0 Å². The van der Waals surface area contributed by atoms with E-state index in [1.807, 2.05) is 0 Å². The van der Waals surface area contributed by atoms with E-state index in [2.05, 4.69) is 10.3 Å². The molecule has 7 heteroatoms. The van der Waals surface area contributed by atoms with Gasteiger partial charge in [-0.3, -0.25) is 4.79 Å². The van der Waals surface area contributed by atoms with Crippen molar-refractivity contribution in [2.24, 2.45) is 0 Å². The molecule has 18 heavy (non-hydrogen) atoms. The highest BCUT2D eigenvalue weighted by atomic mass is 19.1. The van der Waals surface area contributed by atoms with Gasteiger partial charge in [0.15, 0.2) is 11.5 Å². The average molecular weight is 249 g/mol. The minimum absolute atomic E-state index is 0.0649. The van der Waals surface area contributed by atoms with Crippen LogP contribution in [-0.4, -0.2) is 31.9 Å². The molecule has 2 rings (SSSR count). The molecule has 0 aliphatic rings. The van der Waals surface area contributed by atoms with Crippen LogP contribution in [0.3, 0.4) is 0 Å². The van der Waals surface area contributed by atoms with Crippen molar-refractivity contribution in [2.45, 2.75) is 6.54 Å². The van der Waals surface area contributed by atoms with Crippen molar-refractivity contribution >= 4 is 11.8 Å². The van der Waals surface area contributed by atoms with Crippen molar-refractivity contribution in [3.8, 4) is 0 Å². The molecule has 0 bridgehead atoms. The lowest BCUT2D eigenvalue weighted by molar-refractivity contribution is 0.0690. The smallest absolute Gasteiger partial charge is 0.358 e. The van der Waals surface area contributed by atoms with Crippen molar-refractivity contribution in [2.75, 3.05) is 0 Å². The van der Waals surface area contributed by atoms with Crippen LogP contribution in [0.5, 0.6) is 0 Å². The van der Waals surface area contributed by atoms with Gasteiger partial charge in [-0.05, 0) is 12.1 Å². The summed E-state index contributed by atoms with van der Waals surface area (Å²) >= 11 is 0. The Hall–Kier alpha value is -2.57. The molecule has 0 atom stereocenters. The Morgan fingerprint density at radius 3 is 2.67 bits per heavy atom. The lowest BCUT2D eigenvalue weighted by atomic mass is 10.1. The Morgan fingerprint density at radius 2 is 2.06 bits per heavy atom. The number of halogens is 1. The first-order valence-corrected chi connectivity index (χ1v) is 4.99. The van der Waals surface area contributed by atoms with Gasteiger partial charge in [-0.2, -0.15) is 0 Å². The monoisotopic (exact) mass is 249 g/mol. The number of ketones is 1. The van der Waals surface area contributed by atoms with Crippen molar-refractivity contribution in [3.63, 3.8) is 0 Å². The molecule has 0 unspecified atom stereocenters. The van der Waals surface area contributed by atoms with Crippen molar-refractivity contribution in [3.05, 3.63) is 47.5 Å². The molecule has 0 amide bonds. The fourth-order valence-electron chi connectivity index (χ4n) is 1.39. The van der Waals surface area contributed by atoms with Gasteiger partial charge in [0, 0.05) is 0 Å². The molecule has 6 nitrogen and oxygen atoms in total. The number of carboxylic acids is 1. The Balaban J connectivity index is 2.16. The van der Waals surface area contributed by atoms with Gasteiger partial charge in [0.05, 0.1) is 11.8 Å². The predicted octanol–water partition coefficient (Wildman–Crippen LogP) is 0.998. The first kappa shape index (κ1) is 11.9. The molecule has 0 aliphatic heterocycles. The number of hydrogen-bond donors (Lipinski definition) is 1. The largest absolute Gasteiger partial charge is 0.476 e. The van der Waals surface area contributed by atoms with E-state index in [1.165, 1.54) is 18.2 Å². The fourth-order valence-corrected chi connectivity index (χ4v) is 1.39. The number of Topliss-reactive ketones (excluding diaryl/α,β-unsaturated/α-hetero) is 1. The SMILES string of the molecule is O=C(O)c1cn(CC(=O)c2ccccc2F)nn1. The maximum Gasteiger partial charge on any atom is 0.358 e. The second-order valence-corrected chi connectivity index (χ2v) is 3.51. The zero-order valence-electron chi connectivity index (χ0n) is 9.08. The first-order valence-electron chi connectivity index (χ1n) is 4.99. The van der Waals surface area contributed by atoms with Gasteiger partial charge in [0.25, 0.3) is 0 Å². The molecule has 92 valence electrons. The van der Waals surface area contributed by atoms with Crippen molar-refractivity contribution in [1.82, 2.24) is 15.0 Å². The van der Waals surface area contributed by atoms with Crippen LogP contribution in [0.15, 0.2) is 30.5 Å². The van der Waals surface area contributed by atoms with E-state index in [0.29, 0.717) is 0 Å².